The van der Waals surface area contributed by atoms with Gasteiger partial charge in [-0.3, -0.25) is 4.79 Å². The van der Waals surface area contributed by atoms with E-state index in [0.29, 0.717) is 10.7 Å². The minimum atomic E-state index is -1.53. The molecule has 0 aromatic heterocycles. The topological polar surface area (TPSA) is 29.1 Å². The molecule has 0 aliphatic heterocycles. The molecule has 0 atom stereocenters. The maximum atomic E-state index is 11.3. The van der Waals surface area contributed by atoms with E-state index in [9.17, 15) is 4.79 Å². The van der Waals surface area contributed by atoms with Crippen LogP contribution in [-0.4, -0.2) is 19.9 Å². The largest absolute Gasteiger partial charge is 0.324 e. The number of nitrogens with one attached hydrogen (secondary N) is 1. The van der Waals surface area contributed by atoms with Crippen LogP contribution in [0.25, 0.3) is 0 Å². The third-order valence-corrected chi connectivity index (χ3v) is 4.80. The van der Waals surface area contributed by atoms with Gasteiger partial charge in [0.05, 0.1) is 18.8 Å². The Bertz CT molecular complexity index is 401. The van der Waals surface area contributed by atoms with Crippen LogP contribution in [0.1, 0.15) is 0 Å². The number of halogens is 2. The number of anilines is 1. The van der Waals surface area contributed by atoms with Crippen molar-refractivity contribution >= 4 is 48.1 Å². The van der Waals surface area contributed by atoms with Gasteiger partial charge in [-0.05, 0) is 11.3 Å². The number of hydrogen-bond donors (Lipinski definition) is 1. The number of para-hydroxylation sites is 1. The van der Waals surface area contributed by atoms with Crippen molar-refractivity contribution in [2.45, 2.75) is 19.6 Å². The SMILES string of the molecule is C[Si](C)(C)c1cccc(Cl)c1NC(=O)CCl. The van der Waals surface area contributed by atoms with Crippen molar-refractivity contribution in [3.63, 3.8) is 0 Å². The zero-order valence-electron chi connectivity index (χ0n) is 9.60. The summed E-state index contributed by atoms with van der Waals surface area (Å²) in [6.45, 7) is 6.61. The first-order chi connectivity index (χ1) is 7.36. The molecule has 1 aromatic carbocycles. The molecule has 1 aromatic rings. The normalized spacial score (nSPS) is 11.3. The summed E-state index contributed by atoms with van der Waals surface area (Å²) < 4.78 is 0. The summed E-state index contributed by atoms with van der Waals surface area (Å²) in [7, 11) is -1.53. The molecule has 0 saturated heterocycles. The Morgan fingerprint density at radius 2 is 2.00 bits per heavy atom. The molecule has 0 heterocycles. The predicted octanol–water partition coefficient (Wildman–Crippen LogP) is 3.06. The highest BCUT2D eigenvalue weighted by atomic mass is 35.5. The van der Waals surface area contributed by atoms with Crippen LogP contribution >= 0.6 is 23.2 Å². The molecule has 1 N–H and O–H groups in total. The van der Waals surface area contributed by atoms with Crippen LogP contribution in [0.4, 0.5) is 5.69 Å². The quantitative estimate of drug-likeness (QED) is 0.667. The smallest absolute Gasteiger partial charge is 0.239 e. The Kier molecular flexibility index (Phi) is 4.41. The zero-order valence-corrected chi connectivity index (χ0v) is 12.1. The molecule has 1 rings (SSSR count). The molecule has 16 heavy (non-hydrogen) atoms. The molecule has 5 heteroatoms. The zero-order chi connectivity index (χ0) is 12.3. The fourth-order valence-corrected chi connectivity index (χ4v) is 3.36. The van der Waals surface area contributed by atoms with Crippen molar-refractivity contribution in [3.8, 4) is 0 Å². The van der Waals surface area contributed by atoms with E-state index >= 15 is 0 Å². The minimum absolute atomic E-state index is 0.0592. The molecule has 0 saturated carbocycles. The van der Waals surface area contributed by atoms with E-state index in [1.54, 1.807) is 6.07 Å². The standard InChI is InChI=1S/C11H15Cl2NOSi/c1-16(2,3)9-6-4-5-8(13)11(9)14-10(15)7-12/h4-6H,7H2,1-3H3,(H,14,15). The fourth-order valence-electron chi connectivity index (χ4n) is 1.45. The van der Waals surface area contributed by atoms with Gasteiger partial charge < -0.3 is 5.32 Å². The second-order valence-electron chi connectivity index (χ2n) is 4.59. The van der Waals surface area contributed by atoms with Gasteiger partial charge in [-0.25, -0.2) is 0 Å². The van der Waals surface area contributed by atoms with Crippen LogP contribution in [0.5, 0.6) is 0 Å². The maximum Gasteiger partial charge on any atom is 0.239 e. The lowest BCUT2D eigenvalue weighted by molar-refractivity contribution is -0.113. The number of amides is 1. The lowest BCUT2D eigenvalue weighted by Gasteiger charge is -2.21. The van der Waals surface area contributed by atoms with Gasteiger partial charge in [0.1, 0.15) is 5.88 Å². The summed E-state index contributed by atoms with van der Waals surface area (Å²) in [5.74, 6) is -0.287. The molecule has 0 aliphatic carbocycles. The molecule has 0 bridgehead atoms. The highest BCUT2D eigenvalue weighted by Gasteiger charge is 2.22. The fraction of sp³-hybridized carbons (Fsp3) is 0.364. The number of rotatable bonds is 3. The second-order valence-corrected chi connectivity index (χ2v) is 10.3. The second kappa shape index (κ2) is 5.21. The first-order valence-corrected chi connectivity index (χ1v) is 9.42. The van der Waals surface area contributed by atoms with E-state index in [-0.39, 0.29) is 11.8 Å². The maximum absolute atomic E-state index is 11.3. The number of hydrogen-bond acceptors (Lipinski definition) is 1. The van der Waals surface area contributed by atoms with E-state index in [4.69, 9.17) is 23.2 Å². The Hall–Kier alpha value is -0.513. The molecule has 0 unspecified atom stereocenters. The van der Waals surface area contributed by atoms with Gasteiger partial charge in [0.2, 0.25) is 5.91 Å². The molecular weight excluding hydrogens is 261 g/mol. The summed E-state index contributed by atoms with van der Waals surface area (Å²) >= 11 is 11.6. The van der Waals surface area contributed by atoms with Crippen LogP contribution in [0.3, 0.4) is 0 Å². The van der Waals surface area contributed by atoms with Gasteiger partial charge in [-0.15, -0.1) is 11.6 Å². The summed E-state index contributed by atoms with van der Waals surface area (Å²) in [5.41, 5.74) is 0.717. The highest BCUT2D eigenvalue weighted by Crippen LogP contribution is 2.22. The van der Waals surface area contributed by atoms with E-state index in [0.717, 1.165) is 5.19 Å². The van der Waals surface area contributed by atoms with Crippen molar-refractivity contribution < 1.29 is 4.79 Å². The van der Waals surface area contributed by atoms with Gasteiger partial charge in [0, 0.05) is 0 Å². The molecule has 0 aliphatic rings. The average molecular weight is 276 g/mol. The van der Waals surface area contributed by atoms with E-state index < -0.39 is 8.07 Å². The van der Waals surface area contributed by atoms with Gasteiger partial charge in [0.15, 0.2) is 0 Å². The van der Waals surface area contributed by atoms with Gasteiger partial charge in [-0.1, -0.05) is 43.4 Å². The molecule has 88 valence electrons. The number of carbonyl (C=O) groups is 1. The summed E-state index contributed by atoms with van der Waals surface area (Å²) in [6.07, 6.45) is 0. The van der Waals surface area contributed by atoms with Crippen molar-refractivity contribution in [2.75, 3.05) is 11.2 Å². The van der Waals surface area contributed by atoms with E-state index in [1.165, 1.54) is 0 Å². The van der Waals surface area contributed by atoms with Gasteiger partial charge in [-0.2, -0.15) is 0 Å². The number of carbonyl (C=O) groups excluding carboxylic acids is 1. The molecule has 2 nitrogen and oxygen atoms in total. The van der Waals surface area contributed by atoms with Crippen molar-refractivity contribution in [3.05, 3.63) is 23.2 Å². The van der Waals surface area contributed by atoms with Crippen LogP contribution in [0, 0.1) is 0 Å². The Morgan fingerprint density at radius 3 is 2.50 bits per heavy atom. The lowest BCUT2D eigenvalue weighted by Crippen LogP contribution is -2.40. The Morgan fingerprint density at radius 1 is 1.38 bits per heavy atom. The third-order valence-electron chi connectivity index (χ3n) is 2.21. The van der Waals surface area contributed by atoms with Crippen molar-refractivity contribution in [1.29, 1.82) is 0 Å². The van der Waals surface area contributed by atoms with E-state index in [1.807, 2.05) is 12.1 Å². The average Bonchev–Trinajstić information content (AvgIpc) is 2.19. The molecule has 1 amide bonds. The first kappa shape index (κ1) is 13.6. The summed E-state index contributed by atoms with van der Waals surface area (Å²) in [5, 5.41) is 4.47. The van der Waals surface area contributed by atoms with Gasteiger partial charge >= 0.3 is 0 Å². The monoisotopic (exact) mass is 275 g/mol. The third kappa shape index (κ3) is 3.24. The minimum Gasteiger partial charge on any atom is -0.324 e. The Balaban J connectivity index is 3.19. The summed E-state index contributed by atoms with van der Waals surface area (Å²) in [6, 6.07) is 5.70. The first-order valence-electron chi connectivity index (χ1n) is 5.01. The predicted molar refractivity (Wildman–Crippen MR) is 73.8 cm³/mol. The van der Waals surface area contributed by atoms with Crippen LogP contribution in [0.15, 0.2) is 18.2 Å². The van der Waals surface area contributed by atoms with Crippen molar-refractivity contribution in [1.82, 2.24) is 0 Å². The number of benzene rings is 1. The summed E-state index contributed by atoms with van der Waals surface area (Å²) in [4.78, 5) is 11.3. The van der Waals surface area contributed by atoms with Gasteiger partial charge in [0.25, 0.3) is 0 Å². The highest BCUT2D eigenvalue weighted by molar-refractivity contribution is 6.90. The molecular formula is C11H15Cl2NOSi. The lowest BCUT2D eigenvalue weighted by atomic mass is 10.3. The van der Waals surface area contributed by atoms with Crippen LogP contribution in [0.2, 0.25) is 24.7 Å². The van der Waals surface area contributed by atoms with Crippen molar-refractivity contribution in [2.24, 2.45) is 0 Å². The molecule has 0 spiro atoms. The number of alkyl halides is 1. The molecule has 0 fully saturated rings. The van der Waals surface area contributed by atoms with Crippen LogP contribution in [-0.2, 0) is 4.79 Å². The Labute approximate surface area is 107 Å². The van der Waals surface area contributed by atoms with E-state index in [2.05, 4.69) is 25.0 Å². The van der Waals surface area contributed by atoms with Crippen LogP contribution < -0.4 is 10.5 Å². The molecule has 0 radical (unpaired) electrons.